The Morgan fingerprint density at radius 2 is 1.90 bits per heavy atom. The number of hydrogen-bond acceptors (Lipinski definition) is 1. The largest absolute Gasteiger partial charge is 1.00 e. The molecule has 0 aliphatic rings. The van der Waals surface area contributed by atoms with E-state index in [-0.39, 0.29) is 51.4 Å². The van der Waals surface area contributed by atoms with Gasteiger partial charge < -0.3 is 17.4 Å². The molecule has 1 aromatic heterocycles. The summed E-state index contributed by atoms with van der Waals surface area (Å²) in [6.45, 7) is -4.86. The molecule has 0 amide bonds. The van der Waals surface area contributed by atoms with Crippen molar-refractivity contribution in [1.82, 2.24) is 0 Å². The Bertz CT molecular complexity index is 183. The Morgan fingerprint density at radius 3 is 2.10 bits per heavy atom. The Morgan fingerprint density at radius 1 is 1.30 bits per heavy atom. The van der Waals surface area contributed by atoms with E-state index in [9.17, 15) is 12.9 Å². The quantitative estimate of drug-likeness (QED) is 0.464. The van der Waals surface area contributed by atoms with E-state index in [1.807, 2.05) is 0 Å². The van der Waals surface area contributed by atoms with Crippen LogP contribution in [0.15, 0.2) is 23.0 Å². The van der Waals surface area contributed by atoms with Crippen LogP contribution in [0.3, 0.4) is 0 Å². The molecule has 0 aromatic carbocycles. The third-order valence-electron chi connectivity index (χ3n) is 0.921. The molecule has 50 valence electrons. The first-order valence-corrected chi connectivity index (χ1v) is 2.33. The van der Waals surface area contributed by atoms with Crippen molar-refractivity contribution in [2.45, 2.75) is 0 Å². The van der Waals surface area contributed by atoms with Crippen molar-refractivity contribution >= 4 is 12.4 Å². The molecule has 1 nitrogen and oxygen atoms in total. The van der Waals surface area contributed by atoms with E-state index in [1.54, 1.807) is 0 Å². The monoisotopic (exact) mass is 174 g/mol. The van der Waals surface area contributed by atoms with Crippen molar-refractivity contribution in [1.29, 1.82) is 0 Å². The summed E-state index contributed by atoms with van der Waals surface area (Å²) in [5.74, 6) is 0. The molecule has 0 bridgehead atoms. The molecule has 6 heteroatoms. The Balaban J connectivity index is 0.000000810. The number of rotatable bonds is 1. The minimum atomic E-state index is -4.86. The van der Waals surface area contributed by atoms with Gasteiger partial charge in [-0.1, -0.05) is 11.5 Å². The topological polar surface area (TPSA) is 13.1 Å². The fourth-order valence-electron chi connectivity index (χ4n) is 0.461. The molecule has 0 aliphatic carbocycles. The molecule has 0 fully saturated rings. The Hall–Kier alpha value is 0.771. The molecular formula is C4H3BF3KO. The third-order valence-corrected chi connectivity index (χ3v) is 0.921. The maximum atomic E-state index is 11.6. The van der Waals surface area contributed by atoms with Crippen LogP contribution in [0, 0.1) is 0 Å². The Kier molecular flexibility index (Phi) is 4.27. The van der Waals surface area contributed by atoms with Gasteiger partial charge in [0.25, 0.3) is 0 Å². The summed E-state index contributed by atoms with van der Waals surface area (Å²) < 4.78 is 39.1. The van der Waals surface area contributed by atoms with Crippen LogP contribution in [-0.4, -0.2) is 6.98 Å². The van der Waals surface area contributed by atoms with Crippen LogP contribution in [0.5, 0.6) is 0 Å². The van der Waals surface area contributed by atoms with Gasteiger partial charge in [0.1, 0.15) is 0 Å². The minimum Gasteiger partial charge on any atom is -0.476 e. The average Bonchev–Trinajstić information content (AvgIpc) is 2.08. The van der Waals surface area contributed by atoms with Crippen LogP contribution in [-0.2, 0) is 0 Å². The molecule has 0 spiro atoms. The van der Waals surface area contributed by atoms with E-state index < -0.39 is 12.4 Å². The van der Waals surface area contributed by atoms with E-state index in [4.69, 9.17) is 0 Å². The number of furan rings is 1. The van der Waals surface area contributed by atoms with Gasteiger partial charge in [-0.3, -0.25) is 0 Å². The normalized spacial score (nSPS) is 10.7. The molecule has 1 heterocycles. The molecular weight excluding hydrogens is 171 g/mol. The number of hydrogen-bond donors (Lipinski definition) is 0. The maximum absolute atomic E-state index is 11.6. The molecule has 0 unspecified atom stereocenters. The molecule has 10 heavy (non-hydrogen) atoms. The van der Waals surface area contributed by atoms with Gasteiger partial charge in [-0.25, -0.2) is 0 Å². The van der Waals surface area contributed by atoms with Crippen molar-refractivity contribution in [3.63, 3.8) is 0 Å². The van der Waals surface area contributed by atoms with Gasteiger partial charge in [-0.05, 0) is 0 Å². The van der Waals surface area contributed by atoms with E-state index in [1.165, 1.54) is 0 Å². The van der Waals surface area contributed by atoms with Crippen LogP contribution in [0.4, 0.5) is 12.9 Å². The second-order valence-corrected chi connectivity index (χ2v) is 1.63. The zero-order valence-corrected chi connectivity index (χ0v) is 8.47. The van der Waals surface area contributed by atoms with Gasteiger partial charge >= 0.3 is 58.4 Å². The Labute approximate surface area is 98.5 Å². The van der Waals surface area contributed by atoms with Gasteiger partial charge in [-0.15, -0.1) is 0 Å². The fraction of sp³-hybridized carbons (Fsp3) is 0. The molecule has 0 saturated heterocycles. The molecule has 0 atom stereocenters. The zero-order chi connectivity index (χ0) is 6.91. The van der Waals surface area contributed by atoms with Gasteiger partial charge in [0.05, 0.1) is 12.5 Å². The van der Waals surface area contributed by atoms with Crippen LogP contribution in [0.1, 0.15) is 0 Å². The predicted molar refractivity (Wildman–Crippen MR) is 27.4 cm³/mol. The summed E-state index contributed by atoms with van der Waals surface area (Å²) in [5.41, 5.74) is -0.685. The average molecular weight is 174 g/mol. The van der Waals surface area contributed by atoms with Crippen LogP contribution in [0.2, 0.25) is 0 Å². The summed E-state index contributed by atoms with van der Waals surface area (Å²) in [6.07, 6.45) is 1.70. The minimum absolute atomic E-state index is 0. The van der Waals surface area contributed by atoms with E-state index >= 15 is 0 Å². The van der Waals surface area contributed by atoms with Crippen molar-refractivity contribution in [3.8, 4) is 0 Å². The van der Waals surface area contributed by atoms with Crippen molar-refractivity contribution in [2.75, 3.05) is 0 Å². The second-order valence-electron chi connectivity index (χ2n) is 1.63. The van der Waals surface area contributed by atoms with Crippen LogP contribution < -0.4 is 56.8 Å². The van der Waals surface area contributed by atoms with Gasteiger partial charge in [0.2, 0.25) is 0 Å². The molecule has 1 aromatic rings. The van der Waals surface area contributed by atoms with Gasteiger partial charge in [0.15, 0.2) is 0 Å². The summed E-state index contributed by atoms with van der Waals surface area (Å²) in [4.78, 5) is 0. The zero-order valence-electron chi connectivity index (χ0n) is 5.35. The van der Waals surface area contributed by atoms with Gasteiger partial charge in [0, 0.05) is 0 Å². The predicted octanol–water partition coefficient (Wildman–Crippen LogP) is -1.66. The summed E-state index contributed by atoms with van der Waals surface area (Å²) >= 11 is 0. The molecule has 0 saturated carbocycles. The first kappa shape index (κ1) is 10.8. The molecule has 0 aliphatic heterocycles. The van der Waals surface area contributed by atoms with E-state index in [2.05, 4.69) is 4.42 Å². The number of halogens is 3. The summed E-state index contributed by atoms with van der Waals surface area (Å²) in [5, 5.41) is 0. The van der Waals surface area contributed by atoms with Gasteiger partial charge in [-0.2, -0.15) is 0 Å². The molecule has 0 radical (unpaired) electrons. The van der Waals surface area contributed by atoms with E-state index in [0.717, 1.165) is 12.3 Å². The van der Waals surface area contributed by atoms with Crippen molar-refractivity contribution in [2.24, 2.45) is 0 Å². The van der Waals surface area contributed by atoms with Crippen LogP contribution in [0.25, 0.3) is 0 Å². The fourth-order valence-corrected chi connectivity index (χ4v) is 0.461. The maximum Gasteiger partial charge on any atom is 1.00 e. The molecule has 1 rings (SSSR count). The SMILES string of the molecule is F[B-](F)(F)c1ccoc1.[K+]. The first-order valence-electron chi connectivity index (χ1n) is 2.33. The van der Waals surface area contributed by atoms with E-state index in [0.29, 0.717) is 6.26 Å². The summed E-state index contributed by atoms with van der Waals surface area (Å²) in [7, 11) is 0. The van der Waals surface area contributed by atoms with Crippen molar-refractivity contribution < 1.29 is 68.7 Å². The standard InChI is InChI=1S/C4H3BF3O.K/c6-5(7,8)4-1-2-9-3-4;/h1-3H;/q-1;+1. The third kappa shape index (κ3) is 2.79. The smallest absolute Gasteiger partial charge is 0.476 e. The summed E-state index contributed by atoms with van der Waals surface area (Å²) in [6, 6.07) is 0.903. The van der Waals surface area contributed by atoms with Crippen molar-refractivity contribution in [3.05, 3.63) is 18.6 Å². The first-order chi connectivity index (χ1) is 4.11. The molecule has 0 N–H and O–H groups in total. The van der Waals surface area contributed by atoms with Crippen LogP contribution >= 0.6 is 0 Å². The second kappa shape index (κ2) is 3.96.